The summed E-state index contributed by atoms with van der Waals surface area (Å²) in [5.41, 5.74) is 3.08. The maximum Gasteiger partial charge on any atom is 0.159 e. The molecule has 0 aliphatic carbocycles. The second-order valence-corrected chi connectivity index (χ2v) is 9.94. The number of benzene rings is 1. The molecule has 0 saturated carbocycles. The normalized spacial score (nSPS) is 26.4. The first-order valence-electron chi connectivity index (χ1n) is 12.2. The Labute approximate surface area is 198 Å². The third kappa shape index (κ3) is 3.85. The van der Waals surface area contributed by atoms with Gasteiger partial charge in [-0.3, -0.25) is 4.90 Å². The molecule has 3 aliphatic heterocycles. The van der Waals surface area contributed by atoms with Gasteiger partial charge >= 0.3 is 0 Å². The molecule has 3 unspecified atom stereocenters. The molecule has 180 valence electrons. The molecular formula is C25H31FN6O2. The number of alkyl halides is 1. The van der Waals surface area contributed by atoms with Gasteiger partial charge in [0.05, 0.1) is 24.4 Å². The SMILES string of the molecule is Cc1nc(N2CC(O)C2)cc(-n2ncc3cc(C)c(C4CCN(C5CCOC5)CC4F)cc32)n1. The molecule has 6 rings (SSSR count). The van der Waals surface area contributed by atoms with Gasteiger partial charge in [-0.25, -0.2) is 19.0 Å². The highest BCUT2D eigenvalue weighted by Gasteiger charge is 2.35. The molecular weight excluding hydrogens is 435 g/mol. The summed E-state index contributed by atoms with van der Waals surface area (Å²) in [4.78, 5) is 13.5. The minimum atomic E-state index is -0.910. The highest BCUT2D eigenvalue weighted by atomic mass is 19.1. The van der Waals surface area contributed by atoms with Gasteiger partial charge in [0.15, 0.2) is 5.82 Å². The van der Waals surface area contributed by atoms with Crippen molar-refractivity contribution in [1.29, 1.82) is 0 Å². The predicted molar refractivity (Wildman–Crippen MR) is 127 cm³/mol. The fourth-order valence-corrected chi connectivity index (χ4v) is 5.66. The van der Waals surface area contributed by atoms with Crippen molar-refractivity contribution >= 4 is 16.7 Å². The molecule has 34 heavy (non-hydrogen) atoms. The van der Waals surface area contributed by atoms with Gasteiger partial charge in [-0.1, -0.05) is 0 Å². The Kier molecular flexibility index (Phi) is 5.50. The van der Waals surface area contributed by atoms with Crippen LogP contribution >= 0.6 is 0 Å². The summed E-state index contributed by atoms with van der Waals surface area (Å²) in [7, 11) is 0. The van der Waals surface area contributed by atoms with Crippen molar-refractivity contribution < 1.29 is 14.2 Å². The van der Waals surface area contributed by atoms with Gasteiger partial charge in [-0.05, 0) is 56.5 Å². The van der Waals surface area contributed by atoms with Crippen molar-refractivity contribution in [3.05, 3.63) is 41.3 Å². The quantitative estimate of drug-likeness (QED) is 0.633. The zero-order chi connectivity index (χ0) is 23.4. The number of aromatic nitrogens is 4. The largest absolute Gasteiger partial charge is 0.389 e. The average Bonchev–Trinajstić information content (AvgIpc) is 3.46. The van der Waals surface area contributed by atoms with Crippen molar-refractivity contribution in [2.24, 2.45) is 0 Å². The monoisotopic (exact) mass is 466 g/mol. The number of halogens is 1. The lowest BCUT2D eigenvalue weighted by atomic mass is 9.84. The van der Waals surface area contributed by atoms with Crippen LogP contribution in [0.1, 0.15) is 35.7 Å². The zero-order valence-corrected chi connectivity index (χ0v) is 19.7. The molecule has 3 atom stereocenters. The van der Waals surface area contributed by atoms with Crippen molar-refractivity contribution in [3.8, 4) is 5.82 Å². The number of aliphatic hydroxyl groups excluding tert-OH is 1. The zero-order valence-electron chi connectivity index (χ0n) is 19.7. The first-order chi connectivity index (χ1) is 16.5. The Morgan fingerprint density at radius 2 is 1.88 bits per heavy atom. The number of aliphatic hydroxyl groups is 1. The van der Waals surface area contributed by atoms with E-state index in [4.69, 9.17) is 4.74 Å². The van der Waals surface area contributed by atoms with Gasteiger partial charge in [0.25, 0.3) is 0 Å². The van der Waals surface area contributed by atoms with E-state index in [0.29, 0.717) is 37.3 Å². The lowest BCUT2D eigenvalue weighted by Crippen LogP contribution is -2.51. The van der Waals surface area contributed by atoms with E-state index >= 15 is 4.39 Å². The molecule has 5 heterocycles. The van der Waals surface area contributed by atoms with Gasteiger partial charge in [-0.2, -0.15) is 5.10 Å². The number of aryl methyl sites for hydroxylation is 2. The second-order valence-electron chi connectivity index (χ2n) is 9.94. The number of hydrogen-bond donors (Lipinski definition) is 1. The van der Waals surface area contributed by atoms with Gasteiger partial charge in [0, 0.05) is 49.7 Å². The van der Waals surface area contributed by atoms with E-state index < -0.39 is 6.17 Å². The van der Waals surface area contributed by atoms with Gasteiger partial charge < -0.3 is 14.7 Å². The van der Waals surface area contributed by atoms with Crippen molar-refractivity contribution in [2.45, 2.75) is 50.9 Å². The van der Waals surface area contributed by atoms with Crippen LogP contribution in [0.3, 0.4) is 0 Å². The lowest BCUT2D eigenvalue weighted by Gasteiger charge is -2.38. The molecule has 1 N–H and O–H groups in total. The molecule has 0 bridgehead atoms. The van der Waals surface area contributed by atoms with Crippen LogP contribution in [0.5, 0.6) is 0 Å². The van der Waals surface area contributed by atoms with Crippen LogP contribution in [0.2, 0.25) is 0 Å². The van der Waals surface area contributed by atoms with Crippen LogP contribution in [0, 0.1) is 13.8 Å². The Hall–Kier alpha value is -2.62. The first kappa shape index (κ1) is 21.9. The summed E-state index contributed by atoms with van der Waals surface area (Å²) in [6, 6.07) is 6.48. The molecule has 3 aromatic rings. The Morgan fingerprint density at radius 1 is 1.06 bits per heavy atom. The smallest absolute Gasteiger partial charge is 0.159 e. The molecule has 3 saturated heterocycles. The fraction of sp³-hybridized carbons (Fsp3) is 0.560. The minimum Gasteiger partial charge on any atom is -0.389 e. The van der Waals surface area contributed by atoms with E-state index in [1.165, 1.54) is 0 Å². The van der Waals surface area contributed by atoms with Crippen molar-refractivity contribution in [3.63, 3.8) is 0 Å². The van der Waals surface area contributed by atoms with Gasteiger partial charge in [0.1, 0.15) is 17.8 Å². The fourth-order valence-electron chi connectivity index (χ4n) is 5.66. The summed E-state index contributed by atoms with van der Waals surface area (Å²) in [6.07, 6.45) is 2.42. The van der Waals surface area contributed by atoms with Crippen LogP contribution in [0.4, 0.5) is 10.2 Å². The Bertz CT molecular complexity index is 1200. The number of piperidine rings is 1. The molecule has 2 aromatic heterocycles. The maximum absolute atomic E-state index is 15.5. The van der Waals surface area contributed by atoms with Crippen LogP contribution in [0.25, 0.3) is 16.7 Å². The predicted octanol–water partition coefficient (Wildman–Crippen LogP) is 2.53. The number of ether oxygens (including phenoxy) is 1. The Balaban J connectivity index is 1.32. The number of β-amino-alcohol motifs (C(OH)–C–C–N with tert-alkyl or cyclic N) is 1. The van der Waals surface area contributed by atoms with Gasteiger partial charge in [-0.15, -0.1) is 0 Å². The number of nitrogens with zero attached hydrogens (tertiary/aromatic N) is 6. The third-order valence-corrected chi connectivity index (χ3v) is 7.56. The van der Waals surface area contributed by atoms with Crippen LogP contribution in [-0.2, 0) is 4.74 Å². The van der Waals surface area contributed by atoms with Crippen LogP contribution in [-0.4, -0.2) is 87.5 Å². The average molecular weight is 467 g/mol. The van der Waals surface area contributed by atoms with E-state index in [2.05, 4.69) is 39.0 Å². The molecule has 9 heteroatoms. The third-order valence-electron chi connectivity index (χ3n) is 7.56. The second kappa shape index (κ2) is 8.55. The molecule has 8 nitrogen and oxygen atoms in total. The highest BCUT2D eigenvalue weighted by molar-refractivity contribution is 5.82. The van der Waals surface area contributed by atoms with E-state index in [1.807, 2.05) is 28.8 Å². The number of likely N-dealkylation sites (tertiary alicyclic amines) is 1. The molecule has 3 aliphatic rings. The highest BCUT2D eigenvalue weighted by Crippen LogP contribution is 2.36. The van der Waals surface area contributed by atoms with Gasteiger partial charge in [0.2, 0.25) is 0 Å². The van der Waals surface area contributed by atoms with E-state index in [1.54, 1.807) is 0 Å². The number of fused-ring (bicyclic) bond motifs is 1. The summed E-state index contributed by atoms with van der Waals surface area (Å²) in [5.74, 6) is 1.99. The molecule has 1 aromatic carbocycles. The summed E-state index contributed by atoms with van der Waals surface area (Å²) < 4.78 is 22.8. The summed E-state index contributed by atoms with van der Waals surface area (Å²) in [6.45, 7) is 7.94. The van der Waals surface area contributed by atoms with Crippen LogP contribution in [0.15, 0.2) is 24.4 Å². The lowest BCUT2D eigenvalue weighted by molar-refractivity contribution is 0.0728. The van der Waals surface area contributed by atoms with E-state index in [9.17, 15) is 5.11 Å². The van der Waals surface area contributed by atoms with Crippen molar-refractivity contribution in [1.82, 2.24) is 24.6 Å². The summed E-state index contributed by atoms with van der Waals surface area (Å²) >= 11 is 0. The van der Waals surface area contributed by atoms with E-state index in [0.717, 1.165) is 60.4 Å². The van der Waals surface area contributed by atoms with E-state index in [-0.39, 0.29) is 12.0 Å². The number of anilines is 1. The minimum absolute atomic E-state index is 0.128. The topological polar surface area (TPSA) is 79.5 Å². The maximum atomic E-state index is 15.5. The molecule has 0 amide bonds. The molecule has 3 fully saturated rings. The molecule has 0 spiro atoms. The molecule has 0 radical (unpaired) electrons. The first-order valence-corrected chi connectivity index (χ1v) is 12.2. The van der Waals surface area contributed by atoms with Crippen molar-refractivity contribution in [2.75, 3.05) is 44.3 Å². The summed E-state index contributed by atoms with van der Waals surface area (Å²) in [5, 5.41) is 15.3. The standard InChI is InChI=1S/C25H31FN6O2/c1-15-7-17-10-27-32(25-9-24(28-16(2)29-25)31-11-19(33)12-31)23(17)8-21(15)20-3-5-30(13-22(20)26)18-4-6-34-14-18/h7-10,18-20,22,33H,3-6,11-14H2,1-2H3. The number of rotatable bonds is 4. The number of hydrogen-bond acceptors (Lipinski definition) is 7. The Morgan fingerprint density at radius 3 is 2.62 bits per heavy atom. The van der Waals surface area contributed by atoms with Crippen LogP contribution < -0.4 is 4.90 Å².